The van der Waals surface area contributed by atoms with Crippen LogP contribution in [0, 0.1) is 0 Å². The summed E-state index contributed by atoms with van der Waals surface area (Å²) in [5, 5.41) is 3.63. The highest BCUT2D eigenvalue weighted by atomic mass is 14.9. The first kappa shape index (κ1) is 10.3. The van der Waals surface area contributed by atoms with Crippen LogP contribution in [0.1, 0.15) is 49.1 Å². The Balaban J connectivity index is 1.76. The average Bonchev–Trinajstić information content (AvgIpc) is 2.82. The summed E-state index contributed by atoms with van der Waals surface area (Å²) in [7, 11) is 0. The fourth-order valence-corrected chi connectivity index (χ4v) is 3.40. The zero-order valence-electron chi connectivity index (χ0n) is 9.91. The number of nitrogens with one attached hydrogen (secondary N) is 1. The molecule has 1 fully saturated rings. The van der Waals surface area contributed by atoms with E-state index >= 15 is 0 Å². The molecule has 3 rings (SSSR count). The summed E-state index contributed by atoms with van der Waals surface area (Å²) in [6.07, 6.45) is 8.20. The molecule has 1 aliphatic carbocycles. The summed E-state index contributed by atoms with van der Waals surface area (Å²) in [5.41, 5.74) is 3.25. The van der Waals surface area contributed by atoms with E-state index in [-0.39, 0.29) is 0 Å². The van der Waals surface area contributed by atoms with Gasteiger partial charge in [-0.2, -0.15) is 0 Å². The molecule has 0 bridgehead atoms. The Hall–Kier alpha value is -0.820. The standard InChI is InChI=1S/C15H21N/c1-2-9-15-12(5-1)6-3-7-13(15)11-14-8-4-10-16-14/h1-2,5,9,13-14,16H,3-4,6-8,10-11H2/t13-,14-/m0/s1. The molecule has 0 saturated carbocycles. The highest BCUT2D eigenvalue weighted by molar-refractivity contribution is 5.32. The van der Waals surface area contributed by atoms with E-state index in [1.807, 2.05) is 0 Å². The van der Waals surface area contributed by atoms with E-state index in [9.17, 15) is 0 Å². The van der Waals surface area contributed by atoms with E-state index in [2.05, 4.69) is 29.6 Å². The molecule has 1 aliphatic heterocycles. The highest BCUT2D eigenvalue weighted by Gasteiger charge is 2.24. The lowest BCUT2D eigenvalue weighted by molar-refractivity contribution is 0.445. The van der Waals surface area contributed by atoms with Crippen molar-refractivity contribution < 1.29 is 0 Å². The molecule has 1 aromatic carbocycles. The van der Waals surface area contributed by atoms with Gasteiger partial charge >= 0.3 is 0 Å². The van der Waals surface area contributed by atoms with Gasteiger partial charge in [-0.15, -0.1) is 0 Å². The van der Waals surface area contributed by atoms with Crippen molar-refractivity contribution in [2.75, 3.05) is 6.54 Å². The molecule has 1 nitrogen and oxygen atoms in total. The third kappa shape index (κ3) is 2.01. The third-order valence-electron chi connectivity index (χ3n) is 4.23. The van der Waals surface area contributed by atoms with Gasteiger partial charge < -0.3 is 5.32 Å². The van der Waals surface area contributed by atoms with Crippen molar-refractivity contribution in [3.8, 4) is 0 Å². The third-order valence-corrected chi connectivity index (χ3v) is 4.23. The minimum absolute atomic E-state index is 0.788. The molecule has 2 atom stereocenters. The Morgan fingerprint density at radius 2 is 2.06 bits per heavy atom. The molecule has 1 N–H and O–H groups in total. The van der Waals surface area contributed by atoms with E-state index in [1.165, 1.54) is 45.1 Å². The lowest BCUT2D eigenvalue weighted by Gasteiger charge is -2.27. The lowest BCUT2D eigenvalue weighted by Crippen LogP contribution is -2.25. The number of rotatable bonds is 2. The van der Waals surface area contributed by atoms with Crippen molar-refractivity contribution in [3.63, 3.8) is 0 Å². The summed E-state index contributed by atoms with van der Waals surface area (Å²) >= 11 is 0. The summed E-state index contributed by atoms with van der Waals surface area (Å²) in [6.45, 7) is 1.24. The largest absolute Gasteiger partial charge is 0.314 e. The minimum Gasteiger partial charge on any atom is -0.314 e. The summed E-state index contributed by atoms with van der Waals surface area (Å²) in [5.74, 6) is 0.820. The van der Waals surface area contributed by atoms with E-state index in [0.717, 1.165) is 12.0 Å². The summed E-state index contributed by atoms with van der Waals surface area (Å²) < 4.78 is 0. The van der Waals surface area contributed by atoms with Crippen LogP contribution in [0.4, 0.5) is 0 Å². The van der Waals surface area contributed by atoms with Crippen molar-refractivity contribution in [1.82, 2.24) is 5.32 Å². The zero-order chi connectivity index (χ0) is 10.8. The molecule has 0 spiro atoms. The van der Waals surface area contributed by atoms with E-state index in [4.69, 9.17) is 0 Å². The molecular formula is C15H21N. The fourth-order valence-electron chi connectivity index (χ4n) is 3.40. The molecule has 86 valence electrons. The van der Waals surface area contributed by atoms with Crippen LogP contribution in [0.3, 0.4) is 0 Å². The molecule has 0 amide bonds. The number of hydrogen-bond acceptors (Lipinski definition) is 1. The smallest absolute Gasteiger partial charge is 0.00733 e. The topological polar surface area (TPSA) is 12.0 Å². The summed E-state index contributed by atoms with van der Waals surface area (Å²) in [6, 6.07) is 9.86. The second-order valence-corrected chi connectivity index (χ2v) is 5.32. The Kier molecular flexibility index (Phi) is 2.96. The van der Waals surface area contributed by atoms with Crippen molar-refractivity contribution in [1.29, 1.82) is 0 Å². The van der Waals surface area contributed by atoms with Gasteiger partial charge in [0.05, 0.1) is 0 Å². The maximum Gasteiger partial charge on any atom is 0.00733 e. The Morgan fingerprint density at radius 1 is 1.12 bits per heavy atom. The van der Waals surface area contributed by atoms with Gasteiger partial charge in [0.1, 0.15) is 0 Å². The van der Waals surface area contributed by atoms with Gasteiger partial charge in [-0.25, -0.2) is 0 Å². The van der Waals surface area contributed by atoms with Gasteiger partial charge in [0, 0.05) is 6.04 Å². The van der Waals surface area contributed by atoms with Crippen molar-refractivity contribution >= 4 is 0 Å². The average molecular weight is 215 g/mol. The van der Waals surface area contributed by atoms with Crippen molar-refractivity contribution in [3.05, 3.63) is 35.4 Å². The van der Waals surface area contributed by atoms with Gasteiger partial charge in [0.25, 0.3) is 0 Å². The van der Waals surface area contributed by atoms with E-state index < -0.39 is 0 Å². The number of hydrogen-bond donors (Lipinski definition) is 1. The Labute approximate surface area is 98.3 Å². The SMILES string of the molecule is c1ccc2c(c1)CCC[C@H]2C[C@@H]1CCCN1. The van der Waals surface area contributed by atoms with Crippen LogP contribution < -0.4 is 5.32 Å². The van der Waals surface area contributed by atoms with Gasteiger partial charge in [-0.1, -0.05) is 24.3 Å². The predicted molar refractivity (Wildman–Crippen MR) is 67.8 cm³/mol. The van der Waals surface area contributed by atoms with Crippen molar-refractivity contribution in [2.24, 2.45) is 0 Å². The molecule has 0 unspecified atom stereocenters. The molecule has 1 heteroatoms. The minimum atomic E-state index is 0.788. The number of benzene rings is 1. The quantitative estimate of drug-likeness (QED) is 0.798. The number of fused-ring (bicyclic) bond motifs is 1. The summed E-state index contributed by atoms with van der Waals surface area (Å²) in [4.78, 5) is 0. The van der Waals surface area contributed by atoms with Gasteiger partial charge in [0.2, 0.25) is 0 Å². The van der Waals surface area contributed by atoms with Crippen LogP contribution in [0.2, 0.25) is 0 Å². The second kappa shape index (κ2) is 4.58. The molecule has 1 aromatic rings. The fraction of sp³-hybridized carbons (Fsp3) is 0.600. The maximum atomic E-state index is 3.63. The molecule has 16 heavy (non-hydrogen) atoms. The number of aryl methyl sites for hydroxylation is 1. The molecule has 1 heterocycles. The van der Waals surface area contributed by atoms with Crippen LogP contribution in [-0.2, 0) is 6.42 Å². The van der Waals surface area contributed by atoms with Crippen LogP contribution in [0.25, 0.3) is 0 Å². The van der Waals surface area contributed by atoms with E-state index in [1.54, 1.807) is 11.1 Å². The Morgan fingerprint density at radius 3 is 2.94 bits per heavy atom. The molecular weight excluding hydrogens is 194 g/mol. The first-order valence-corrected chi connectivity index (χ1v) is 6.74. The molecule has 0 radical (unpaired) electrons. The second-order valence-electron chi connectivity index (χ2n) is 5.32. The first-order chi connectivity index (χ1) is 7.93. The van der Waals surface area contributed by atoms with Crippen LogP contribution in [0.5, 0.6) is 0 Å². The van der Waals surface area contributed by atoms with Gasteiger partial charge in [0.15, 0.2) is 0 Å². The molecule has 0 aromatic heterocycles. The van der Waals surface area contributed by atoms with Gasteiger partial charge in [-0.05, 0) is 62.1 Å². The van der Waals surface area contributed by atoms with Crippen LogP contribution in [-0.4, -0.2) is 12.6 Å². The zero-order valence-corrected chi connectivity index (χ0v) is 9.91. The Bertz CT molecular complexity index is 352. The maximum absolute atomic E-state index is 3.63. The van der Waals surface area contributed by atoms with Crippen molar-refractivity contribution in [2.45, 2.75) is 50.5 Å². The van der Waals surface area contributed by atoms with Crippen LogP contribution in [0.15, 0.2) is 24.3 Å². The molecule has 2 aliphatic rings. The van der Waals surface area contributed by atoms with E-state index in [0.29, 0.717) is 0 Å². The monoisotopic (exact) mass is 215 g/mol. The van der Waals surface area contributed by atoms with Gasteiger partial charge in [-0.3, -0.25) is 0 Å². The normalized spacial score (nSPS) is 29.0. The lowest BCUT2D eigenvalue weighted by atomic mass is 9.79. The first-order valence-electron chi connectivity index (χ1n) is 6.74. The highest BCUT2D eigenvalue weighted by Crippen LogP contribution is 2.35. The van der Waals surface area contributed by atoms with Crippen LogP contribution >= 0.6 is 0 Å². The predicted octanol–water partition coefficient (Wildman–Crippen LogP) is 3.25. The molecule has 1 saturated heterocycles.